The molecule has 8 fully saturated rings. The van der Waals surface area contributed by atoms with Crippen molar-refractivity contribution in [1.29, 1.82) is 0 Å². The molecule has 8 saturated heterocycles. The van der Waals surface area contributed by atoms with Gasteiger partial charge in [-0.3, -0.25) is 4.79 Å². The van der Waals surface area contributed by atoms with Crippen molar-refractivity contribution in [3.05, 3.63) is 215 Å². The van der Waals surface area contributed by atoms with Crippen LogP contribution in [0.1, 0.15) is 116 Å². The number of carbonyl (C=O) groups excluding carboxylic acids is 1. The molecule has 0 bridgehead atoms. The Hall–Kier alpha value is -6.01. The van der Waals surface area contributed by atoms with E-state index < -0.39 is 158 Å². The molecule has 22 nitrogen and oxygen atoms in total. The van der Waals surface area contributed by atoms with Crippen LogP contribution in [0.2, 0.25) is 0 Å². The van der Waals surface area contributed by atoms with E-state index >= 15 is 0 Å². The predicted molar refractivity (Wildman–Crippen MR) is 392 cm³/mol. The molecule has 0 aromatic heterocycles. The summed E-state index contributed by atoms with van der Waals surface area (Å²) in [5, 5.41) is 0. The molecule has 14 rings (SSSR count). The largest absolute Gasteiger partial charge is 0.457 e. The van der Waals surface area contributed by atoms with Crippen LogP contribution < -0.4 is 0 Å². The number of fused-ring (bicyclic) bond motifs is 2. The van der Waals surface area contributed by atoms with Crippen LogP contribution in [0.3, 0.4) is 0 Å². The standard InChI is InChI=1S/C86H108O22/c1-51-42-93-82(76(92-47-64-38-26-16-27-39-64)67(51)100-84-78-86(50-94-84,49-89-44-61-32-20-13-21-33-61)108-81(105-78)65-40-28-17-29-41-65)103-71-58(8)97-79(102-73-57(7)95-56(6)72(98-59(9)87)75(73)104-83-77-70(52(2)55(5)96-83)106-85(10,11)107-77)54(4)69(71)101-80-53(3)68(90-45-62-34-22-14-23-35-62)74(91-46-63-36-24-15-25-37-63)66(99-80)48-88-43-60-30-18-12-19-31-60/h12-41,51-58,66-84H,42-50H2,1-11H3/t51-,52+,53-,54+,55?,56?,57-,58?,66?,67?,68?,69?,70+,71+,72+,73+,74-,75?,76-,77?,78?,79+,80+,81+,82+,83+,84+,86+/m1/s1. The van der Waals surface area contributed by atoms with Gasteiger partial charge in [-0.05, 0) is 69.4 Å². The molecule has 108 heavy (non-hydrogen) atoms. The topological polar surface area (TPSA) is 211 Å². The van der Waals surface area contributed by atoms with E-state index in [0.717, 1.165) is 33.4 Å². The average Bonchev–Trinajstić information content (AvgIpc) is 1.57. The maximum absolute atomic E-state index is 13.3. The molecule has 8 aliphatic rings. The van der Waals surface area contributed by atoms with Gasteiger partial charge in [0.1, 0.15) is 54.4 Å². The summed E-state index contributed by atoms with van der Waals surface area (Å²) in [7, 11) is 0. The van der Waals surface area contributed by atoms with Crippen molar-refractivity contribution in [2.24, 2.45) is 23.7 Å². The molecule has 6 aromatic carbocycles. The molecule has 8 aliphatic heterocycles. The van der Waals surface area contributed by atoms with E-state index in [4.69, 9.17) is 99.5 Å². The van der Waals surface area contributed by atoms with Gasteiger partial charge in [0.05, 0.1) is 108 Å². The van der Waals surface area contributed by atoms with E-state index in [1.807, 2.05) is 230 Å². The molecule has 28 atom stereocenters. The fourth-order valence-corrected chi connectivity index (χ4v) is 16.2. The summed E-state index contributed by atoms with van der Waals surface area (Å²) in [5.41, 5.74) is 4.71. The molecule has 0 N–H and O–H groups in total. The SMILES string of the molecule is CC(=O)O[C@H]1C(C)O[C@H](C)[C@H](O[C@@H]2OC(C)[C@H](O[C@@H]3OC[C@@H](C)C(O[C@@H]4OC[C@]5(COCc6ccccc6)O[C@@H](c6ccccc6)OC45)[C@H]3OCc3ccccc3)C(O[C@@H]3OC(COCc4ccccc4)[C@@H](OCc4ccccc4)C(OCc4ccccc4)[C@H]3C)[C@@H]2C)C1O[C@@H]1OC(C)[C@H](C)[C@@H]2OC(C)(C)OC12. The maximum atomic E-state index is 13.3. The van der Waals surface area contributed by atoms with E-state index in [2.05, 4.69) is 20.8 Å². The fourth-order valence-electron chi connectivity index (χ4n) is 16.2. The fraction of sp³-hybridized carbons (Fsp3) is 0.570. The van der Waals surface area contributed by atoms with Crippen molar-refractivity contribution in [2.45, 2.75) is 262 Å². The zero-order chi connectivity index (χ0) is 75.1. The molecule has 10 unspecified atom stereocenters. The highest BCUT2D eigenvalue weighted by Crippen LogP contribution is 2.49. The Labute approximate surface area is 634 Å². The Kier molecular flexibility index (Phi) is 26.1. The highest BCUT2D eigenvalue weighted by atomic mass is 16.8. The van der Waals surface area contributed by atoms with Crippen LogP contribution in [0.4, 0.5) is 0 Å². The van der Waals surface area contributed by atoms with E-state index in [1.165, 1.54) is 6.92 Å². The monoisotopic (exact) mass is 1490 g/mol. The van der Waals surface area contributed by atoms with E-state index in [9.17, 15) is 4.79 Å². The Morgan fingerprint density at radius 2 is 0.861 bits per heavy atom. The second-order valence-corrected chi connectivity index (χ2v) is 30.8. The summed E-state index contributed by atoms with van der Waals surface area (Å²) in [4.78, 5) is 13.3. The zero-order valence-corrected chi connectivity index (χ0v) is 63.8. The molecule has 0 spiro atoms. The molecule has 584 valence electrons. The summed E-state index contributed by atoms with van der Waals surface area (Å²) >= 11 is 0. The van der Waals surface area contributed by atoms with Gasteiger partial charge in [-0.25, -0.2) is 0 Å². The highest BCUT2D eigenvalue weighted by Gasteiger charge is 2.63. The van der Waals surface area contributed by atoms with E-state index in [-0.39, 0.29) is 70.3 Å². The van der Waals surface area contributed by atoms with Crippen molar-refractivity contribution < 1.29 is 104 Å². The molecule has 22 heteroatoms. The first kappa shape index (κ1) is 78.7. The zero-order valence-electron chi connectivity index (χ0n) is 63.8. The van der Waals surface area contributed by atoms with Crippen LogP contribution in [-0.2, 0) is 137 Å². The van der Waals surface area contributed by atoms with Crippen molar-refractivity contribution in [3.63, 3.8) is 0 Å². The van der Waals surface area contributed by atoms with Crippen LogP contribution in [0.15, 0.2) is 182 Å². The third-order valence-corrected chi connectivity index (χ3v) is 22.2. The van der Waals surface area contributed by atoms with Crippen LogP contribution >= 0.6 is 0 Å². The predicted octanol–water partition coefficient (Wildman–Crippen LogP) is 12.7. The lowest BCUT2D eigenvalue weighted by molar-refractivity contribution is -0.387. The first-order chi connectivity index (χ1) is 52.3. The molecular weight excluding hydrogens is 1380 g/mol. The third-order valence-electron chi connectivity index (χ3n) is 22.2. The summed E-state index contributed by atoms with van der Waals surface area (Å²) in [6.07, 6.45) is -18.4. The lowest BCUT2D eigenvalue weighted by atomic mass is 9.89. The average molecular weight is 1490 g/mol. The molecule has 0 amide bonds. The molecular formula is C86H108O22. The number of esters is 1. The van der Waals surface area contributed by atoms with Gasteiger partial charge in [0.15, 0.2) is 49.6 Å². The van der Waals surface area contributed by atoms with Crippen LogP contribution in [0.25, 0.3) is 0 Å². The quantitative estimate of drug-likeness (QED) is 0.0400. The number of hydrogen-bond donors (Lipinski definition) is 0. The van der Waals surface area contributed by atoms with Gasteiger partial charge >= 0.3 is 5.97 Å². The first-order valence-electron chi connectivity index (χ1n) is 38.6. The van der Waals surface area contributed by atoms with Gasteiger partial charge in [-0.1, -0.05) is 210 Å². The number of carbonyl (C=O) groups is 1. The summed E-state index contributed by atoms with van der Waals surface area (Å²) < 4.78 is 147. The minimum absolute atomic E-state index is 0.0361. The molecule has 6 aromatic rings. The normalized spacial score (nSPS) is 38.0. The molecule has 8 heterocycles. The Balaban J connectivity index is 0.806. The number of ether oxygens (including phenoxy) is 21. The maximum Gasteiger partial charge on any atom is 0.303 e. The van der Waals surface area contributed by atoms with Gasteiger partial charge in [-0.15, -0.1) is 0 Å². The second kappa shape index (κ2) is 35.8. The Morgan fingerprint density at radius 3 is 1.46 bits per heavy atom. The summed E-state index contributed by atoms with van der Waals surface area (Å²) in [5.74, 6) is -2.98. The number of benzene rings is 6. The first-order valence-corrected chi connectivity index (χ1v) is 38.6. The van der Waals surface area contributed by atoms with Gasteiger partial charge < -0.3 is 99.5 Å². The highest BCUT2D eigenvalue weighted by molar-refractivity contribution is 5.66. The van der Waals surface area contributed by atoms with Crippen molar-refractivity contribution in [3.8, 4) is 0 Å². The number of rotatable bonds is 29. The molecule has 0 radical (unpaired) electrons. The Morgan fingerprint density at radius 1 is 0.398 bits per heavy atom. The van der Waals surface area contributed by atoms with E-state index in [1.54, 1.807) is 0 Å². The van der Waals surface area contributed by atoms with Gasteiger partial charge in [0, 0.05) is 36.2 Å². The lowest BCUT2D eigenvalue weighted by Crippen LogP contribution is -2.65. The molecule has 0 saturated carbocycles. The van der Waals surface area contributed by atoms with Crippen molar-refractivity contribution in [2.75, 3.05) is 26.4 Å². The summed E-state index contributed by atoms with van der Waals surface area (Å²) in [6, 6.07) is 60.0. The van der Waals surface area contributed by atoms with Crippen LogP contribution in [-0.4, -0.2) is 179 Å². The van der Waals surface area contributed by atoms with Crippen molar-refractivity contribution in [1.82, 2.24) is 0 Å². The van der Waals surface area contributed by atoms with E-state index in [0.29, 0.717) is 13.2 Å². The number of hydrogen-bond acceptors (Lipinski definition) is 22. The Bertz CT molecular complexity index is 3720. The van der Waals surface area contributed by atoms with Gasteiger partial charge in [-0.2, -0.15) is 0 Å². The lowest BCUT2D eigenvalue weighted by Gasteiger charge is -2.52. The van der Waals surface area contributed by atoms with Gasteiger partial charge in [0.2, 0.25) is 0 Å². The minimum atomic E-state index is -1.12. The van der Waals surface area contributed by atoms with Crippen LogP contribution in [0.5, 0.6) is 0 Å². The smallest absolute Gasteiger partial charge is 0.303 e. The third kappa shape index (κ3) is 18.5. The minimum Gasteiger partial charge on any atom is -0.457 e. The summed E-state index contributed by atoms with van der Waals surface area (Å²) in [6.45, 7) is 23.0. The second-order valence-electron chi connectivity index (χ2n) is 30.8. The van der Waals surface area contributed by atoms with Gasteiger partial charge in [0.25, 0.3) is 0 Å². The van der Waals surface area contributed by atoms with Crippen LogP contribution in [0, 0.1) is 23.7 Å². The van der Waals surface area contributed by atoms with Crippen molar-refractivity contribution >= 4 is 5.97 Å². The molecule has 0 aliphatic carbocycles.